The Bertz CT molecular complexity index is 1410. The van der Waals surface area contributed by atoms with Crippen LogP contribution in [-0.2, 0) is 17.1 Å². The van der Waals surface area contributed by atoms with Gasteiger partial charge in [-0.05, 0) is 78.7 Å². The molecule has 0 aliphatic rings. The van der Waals surface area contributed by atoms with Crippen LogP contribution in [0.4, 0.5) is 11.4 Å². The second-order valence-corrected chi connectivity index (χ2v) is 12.7. The molecule has 0 radical (unpaired) electrons. The maximum Gasteiger partial charge on any atom is 0.255 e. The van der Waals surface area contributed by atoms with Crippen molar-refractivity contribution in [3.8, 4) is 10.4 Å². The van der Waals surface area contributed by atoms with Crippen LogP contribution in [0.1, 0.15) is 35.3 Å². The van der Waals surface area contributed by atoms with Crippen LogP contribution in [0, 0.1) is 0 Å². The number of benzene rings is 3. The summed E-state index contributed by atoms with van der Waals surface area (Å²) in [5, 5.41) is 5.29. The van der Waals surface area contributed by atoms with Gasteiger partial charge in [0.15, 0.2) is 0 Å². The zero-order valence-electron chi connectivity index (χ0n) is 20.3. The normalized spacial score (nSPS) is 13.2. The van der Waals surface area contributed by atoms with E-state index in [0.29, 0.717) is 34.2 Å². The molecule has 6 N–H and O–H groups in total. The summed E-state index contributed by atoms with van der Waals surface area (Å²) in [6.07, 6.45) is 0.455. The molecule has 0 spiro atoms. The number of amides is 1. The second kappa shape index (κ2) is 10.4. The lowest BCUT2D eigenvalue weighted by Crippen LogP contribution is -2.36. The van der Waals surface area contributed by atoms with Crippen LogP contribution in [-0.4, -0.2) is 16.3 Å². The molecular formula is C28H30N3O3PS. The monoisotopic (exact) mass is 519 g/mol. The number of rotatable bonds is 8. The Morgan fingerprint density at radius 1 is 1.03 bits per heavy atom. The smallest absolute Gasteiger partial charge is 0.255 e. The first-order valence-corrected chi connectivity index (χ1v) is 14.3. The van der Waals surface area contributed by atoms with Gasteiger partial charge < -0.3 is 21.7 Å². The van der Waals surface area contributed by atoms with Crippen molar-refractivity contribution in [1.29, 1.82) is 0 Å². The first kappa shape index (κ1) is 25.9. The zero-order chi connectivity index (χ0) is 25.9. The predicted molar refractivity (Wildman–Crippen MR) is 150 cm³/mol. The van der Waals surface area contributed by atoms with Gasteiger partial charge in [0.25, 0.3) is 5.91 Å². The molecular weight excluding hydrogens is 489 g/mol. The van der Waals surface area contributed by atoms with E-state index in [9.17, 15) is 14.3 Å². The fourth-order valence-corrected chi connectivity index (χ4v) is 6.56. The van der Waals surface area contributed by atoms with Crippen molar-refractivity contribution in [3.05, 3.63) is 101 Å². The van der Waals surface area contributed by atoms with Crippen LogP contribution in [0.3, 0.4) is 0 Å². The minimum Gasteiger partial charge on any atom is -0.397 e. The Kier molecular flexibility index (Phi) is 7.48. The van der Waals surface area contributed by atoms with E-state index in [2.05, 4.69) is 5.32 Å². The number of anilines is 2. The van der Waals surface area contributed by atoms with Gasteiger partial charge in [-0.25, -0.2) is 0 Å². The van der Waals surface area contributed by atoms with Crippen molar-refractivity contribution in [2.45, 2.75) is 32.0 Å². The topological polar surface area (TPSA) is 118 Å². The van der Waals surface area contributed by atoms with Crippen LogP contribution in [0.15, 0.2) is 84.2 Å². The summed E-state index contributed by atoms with van der Waals surface area (Å²) >= 11 is 1.61. The number of nitrogens with one attached hydrogen (secondary N) is 1. The van der Waals surface area contributed by atoms with E-state index in [1.54, 1.807) is 53.8 Å². The molecule has 0 fully saturated rings. The summed E-state index contributed by atoms with van der Waals surface area (Å²) in [5.74, 6) is -0.306. The molecule has 4 aromatic rings. The maximum atomic E-state index is 13.3. The molecule has 0 aliphatic carbocycles. The lowest BCUT2D eigenvalue weighted by molar-refractivity contribution is 0.102. The van der Waals surface area contributed by atoms with E-state index in [1.807, 2.05) is 55.6 Å². The minimum absolute atomic E-state index is 0.0350. The number of carbonyl (C=O) groups is 1. The molecule has 36 heavy (non-hydrogen) atoms. The van der Waals surface area contributed by atoms with E-state index in [1.165, 1.54) is 0 Å². The van der Waals surface area contributed by atoms with E-state index in [-0.39, 0.29) is 12.1 Å². The molecule has 0 saturated heterocycles. The van der Waals surface area contributed by atoms with Crippen molar-refractivity contribution >= 4 is 41.3 Å². The van der Waals surface area contributed by atoms with Gasteiger partial charge >= 0.3 is 0 Å². The molecule has 1 heterocycles. The van der Waals surface area contributed by atoms with Crippen molar-refractivity contribution in [2.24, 2.45) is 5.73 Å². The number of nitrogen functional groups attached to an aromatic ring is 1. The van der Waals surface area contributed by atoms with E-state index >= 15 is 0 Å². The molecule has 6 nitrogen and oxygen atoms in total. The summed E-state index contributed by atoms with van der Waals surface area (Å²) in [7, 11) is -3.69. The van der Waals surface area contributed by atoms with E-state index < -0.39 is 12.9 Å². The predicted octanol–water partition coefficient (Wildman–Crippen LogP) is 5.63. The molecule has 0 aliphatic heterocycles. The van der Waals surface area contributed by atoms with Crippen LogP contribution in [0.25, 0.3) is 10.4 Å². The Balaban J connectivity index is 1.49. The molecule has 0 saturated carbocycles. The van der Waals surface area contributed by atoms with Gasteiger partial charge in [-0.1, -0.05) is 42.5 Å². The number of nitrogens with two attached hydrogens (primary N) is 2. The van der Waals surface area contributed by atoms with Crippen molar-refractivity contribution in [1.82, 2.24) is 0 Å². The highest BCUT2D eigenvalue weighted by Gasteiger charge is 2.27. The van der Waals surface area contributed by atoms with E-state index in [4.69, 9.17) is 11.5 Å². The summed E-state index contributed by atoms with van der Waals surface area (Å²) in [6.45, 7) is 3.78. The van der Waals surface area contributed by atoms with E-state index in [0.717, 1.165) is 16.0 Å². The van der Waals surface area contributed by atoms with Crippen molar-refractivity contribution in [2.75, 3.05) is 11.1 Å². The largest absolute Gasteiger partial charge is 0.397 e. The zero-order valence-corrected chi connectivity index (χ0v) is 22.0. The average Bonchev–Trinajstić information content (AvgIpc) is 3.35. The number of hydrogen-bond acceptors (Lipinski definition) is 5. The van der Waals surface area contributed by atoms with Crippen LogP contribution in [0.5, 0.6) is 0 Å². The first-order chi connectivity index (χ1) is 17.0. The fourth-order valence-electron chi connectivity index (χ4n) is 4.04. The lowest BCUT2D eigenvalue weighted by Gasteiger charge is -2.22. The average molecular weight is 520 g/mol. The van der Waals surface area contributed by atoms with Gasteiger partial charge in [-0.2, -0.15) is 0 Å². The summed E-state index contributed by atoms with van der Waals surface area (Å²) < 4.78 is 13.3. The highest BCUT2D eigenvalue weighted by molar-refractivity contribution is 7.65. The quantitative estimate of drug-likeness (QED) is 0.178. The third-order valence-electron chi connectivity index (χ3n) is 5.73. The molecule has 1 atom stereocenters. The Hall–Kier alpha value is -3.22. The van der Waals surface area contributed by atoms with Crippen LogP contribution >= 0.6 is 18.7 Å². The standard InChI is InChI=1S/C28H30N3O3PS/c1-28(2,30)17-22-6-3-4-7-25(22)35(33,34)18-19-9-11-20(12-10-19)27(32)31-24-16-21(13-14-23(24)29)26-8-5-15-36-26/h3-16H,17-18,29-30H2,1-2H3,(H,31,32)(H,33,34). The molecule has 1 aromatic heterocycles. The highest BCUT2D eigenvalue weighted by atomic mass is 32.1. The third-order valence-corrected chi connectivity index (χ3v) is 8.64. The Labute approximate surface area is 215 Å². The number of carbonyl (C=O) groups excluding carboxylic acids is 1. The first-order valence-electron chi connectivity index (χ1n) is 11.5. The van der Waals surface area contributed by atoms with Gasteiger partial charge in [-0.3, -0.25) is 9.36 Å². The Morgan fingerprint density at radius 2 is 1.75 bits per heavy atom. The van der Waals surface area contributed by atoms with Crippen LogP contribution in [0.2, 0.25) is 0 Å². The Morgan fingerprint density at radius 3 is 2.42 bits per heavy atom. The van der Waals surface area contributed by atoms with Gasteiger partial charge in [0.2, 0.25) is 7.37 Å². The summed E-state index contributed by atoms with van der Waals surface area (Å²) in [6, 6.07) is 23.4. The second-order valence-electron chi connectivity index (χ2n) is 9.58. The molecule has 1 unspecified atom stereocenters. The van der Waals surface area contributed by atoms with Gasteiger partial charge in [0.1, 0.15) is 0 Å². The van der Waals surface area contributed by atoms with Gasteiger partial charge in [-0.15, -0.1) is 11.3 Å². The molecule has 8 heteroatoms. The molecule has 186 valence electrons. The van der Waals surface area contributed by atoms with Crippen molar-refractivity contribution < 1.29 is 14.3 Å². The lowest BCUT2D eigenvalue weighted by atomic mass is 9.96. The maximum absolute atomic E-state index is 13.3. The summed E-state index contributed by atoms with van der Waals surface area (Å²) in [5.41, 5.74) is 15.6. The fraction of sp³-hybridized carbons (Fsp3) is 0.179. The van der Waals surface area contributed by atoms with Gasteiger partial charge in [0.05, 0.1) is 17.5 Å². The van der Waals surface area contributed by atoms with Crippen molar-refractivity contribution in [3.63, 3.8) is 0 Å². The minimum atomic E-state index is -3.69. The molecule has 4 rings (SSSR count). The number of thiophene rings is 1. The number of hydrogen-bond donors (Lipinski definition) is 4. The SMILES string of the molecule is CC(C)(N)Cc1ccccc1P(=O)(O)Cc1ccc(C(=O)Nc2cc(-c3cccs3)ccc2N)cc1. The molecule has 1 amide bonds. The highest BCUT2D eigenvalue weighted by Crippen LogP contribution is 2.44. The van der Waals surface area contributed by atoms with Gasteiger partial charge in [0, 0.05) is 21.3 Å². The van der Waals surface area contributed by atoms with Crippen LogP contribution < -0.4 is 22.1 Å². The molecule has 0 bridgehead atoms. The summed E-state index contributed by atoms with van der Waals surface area (Å²) in [4.78, 5) is 24.9. The molecule has 3 aromatic carbocycles. The third kappa shape index (κ3) is 6.31.